The fraction of sp³-hybridized carbons (Fsp3) is 0.538. The number of nitrogens with two attached hydrogens (primary N) is 1. The van der Waals surface area contributed by atoms with Crippen LogP contribution in [0.4, 0.5) is 0 Å². The Balaban J connectivity index is 2.59. The van der Waals surface area contributed by atoms with Gasteiger partial charge in [-0.25, -0.2) is 0 Å². The van der Waals surface area contributed by atoms with Gasteiger partial charge in [0.25, 0.3) is 0 Å². The highest BCUT2D eigenvalue weighted by molar-refractivity contribution is 6.30. The fourth-order valence-corrected chi connectivity index (χ4v) is 1.97. The van der Waals surface area contributed by atoms with Crippen LogP contribution in [0.3, 0.4) is 0 Å². The number of methoxy groups -OCH3 is 1. The lowest BCUT2D eigenvalue weighted by Crippen LogP contribution is -2.26. The Hall–Kier alpha value is -0.570. The molecule has 2 nitrogen and oxygen atoms in total. The molecule has 2 atom stereocenters. The van der Waals surface area contributed by atoms with Gasteiger partial charge in [0.15, 0.2) is 0 Å². The summed E-state index contributed by atoms with van der Waals surface area (Å²) in [6.07, 6.45) is 0.984. The van der Waals surface area contributed by atoms with E-state index in [0.717, 1.165) is 18.1 Å². The van der Waals surface area contributed by atoms with Crippen LogP contribution >= 0.6 is 11.6 Å². The van der Waals surface area contributed by atoms with Crippen molar-refractivity contribution < 1.29 is 4.74 Å². The molecule has 1 rings (SSSR count). The van der Waals surface area contributed by atoms with E-state index in [2.05, 4.69) is 19.1 Å². The maximum atomic E-state index is 5.85. The zero-order valence-corrected chi connectivity index (χ0v) is 10.7. The van der Waals surface area contributed by atoms with Crippen molar-refractivity contribution >= 4 is 11.6 Å². The highest BCUT2D eigenvalue weighted by Gasteiger charge is 2.16. The third-order valence-electron chi connectivity index (χ3n) is 2.95. The van der Waals surface area contributed by atoms with E-state index in [0.29, 0.717) is 18.4 Å². The van der Waals surface area contributed by atoms with Gasteiger partial charge >= 0.3 is 0 Å². The van der Waals surface area contributed by atoms with Gasteiger partial charge in [0.2, 0.25) is 0 Å². The highest BCUT2D eigenvalue weighted by Crippen LogP contribution is 2.18. The second kappa shape index (κ2) is 6.89. The van der Waals surface area contributed by atoms with Gasteiger partial charge in [-0.1, -0.05) is 30.7 Å². The van der Waals surface area contributed by atoms with Crippen molar-refractivity contribution in [3.63, 3.8) is 0 Å². The topological polar surface area (TPSA) is 35.2 Å². The largest absolute Gasteiger partial charge is 0.384 e. The van der Waals surface area contributed by atoms with Gasteiger partial charge in [-0.3, -0.25) is 0 Å². The molecule has 0 bridgehead atoms. The first-order valence-electron chi connectivity index (χ1n) is 5.60. The molecule has 0 aliphatic rings. The lowest BCUT2D eigenvalue weighted by Gasteiger charge is -2.21. The molecule has 90 valence electrons. The molecule has 0 heterocycles. The first-order valence-corrected chi connectivity index (χ1v) is 5.98. The summed E-state index contributed by atoms with van der Waals surface area (Å²) >= 11 is 5.85. The Labute approximate surface area is 103 Å². The lowest BCUT2D eigenvalue weighted by atomic mass is 9.88. The van der Waals surface area contributed by atoms with E-state index in [4.69, 9.17) is 22.1 Å². The number of hydrogen-bond acceptors (Lipinski definition) is 2. The second-order valence-electron chi connectivity index (χ2n) is 4.26. The Bertz CT molecular complexity index is 299. The second-order valence-corrected chi connectivity index (χ2v) is 4.70. The minimum Gasteiger partial charge on any atom is -0.384 e. The summed E-state index contributed by atoms with van der Waals surface area (Å²) in [6.45, 7) is 3.62. The van der Waals surface area contributed by atoms with Crippen molar-refractivity contribution in [1.82, 2.24) is 0 Å². The number of ether oxygens (including phenoxy) is 1. The number of benzene rings is 1. The number of rotatable bonds is 6. The molecule has 1 aromatic rings. The van der Waals surface area contributed by atoms with Crippen LogP contribution in [0.2, 0.25) is 5.02 Å². The summed E-state index contributed by atoms with van der Waals surface area (Å²) in [4.78, 5) is 0. The first-order chi connectivity index (χ1) is 7.67. The molecular formula is C13H20ClNO. The van der Waals surface area contributed by atoms with E-state index in [1.807, 2.05) is 12.1 Å². The summed E-state index contributed by atoms with van der Waals surface area (Å²) < 4.78 is 5.17. The van der Waals surface area contributed by atoms with Crippen molar-refractivity contribution in [2.45, 2.75) is 13.3 Å². The van der Waals surface area contributed by atoms with Crippen LogP contribution in [0, 0.1) is 11.8 Å². The smallest absolute Gasteiger partial charge is 0.0491 e. The van der Waals surface area contributed by atoms with Crippen LogP contribution in [0.1, 0.15) is 12.5 Å². The Morgan fingerprint density at radius 1 is 1.31 bits per heavy atom. The van der Waals surface area contributed by atoms with E-state index < -0.39 is 0 Å². The van der Waals surface area contributed by atoms with Crippen molar-refractivity contribution in [2.24, 2.45) is 17.6 Å². The quantitative estimate of drug-likeness (QED) is 0.831. The normalized spacial score (nSPS) is 14.8. The van der Waals surface area contributed by atoms with Gasteiger partial charge in [-0.05, 0) is 42.5 Å². The molecular weight excluding hydrogens is 222 g/mol. The number of hydrogen-bond donors (Lipinski definition) is 1. The van der Waals surface area contributed by atoms with Gasteiger partial charge in [-0.15, -0.1) is 0 Å². The standard InChI is InChI=1S/C13H20ClNO/c1-10(9-16-2)12(8-15)7-11-3-5-13(14)6-4-11/h3-6,10,12H,7-9,15H2,1-2H3. The van der Waals surface area contributed by atoms with Crippen LogP contribution in [0.15, 0.2) is 24.3 Å². The summed E-state index contributed by atoms with van der Waals surface area (Å²) in [5, 5.41) is 0.776. The molecule has 0 saturated heterocycles. The third kappa shape index (κ3) is 4.12. The van der Waals surface area contributed by atoms with E-state index in [1.54, 1.807) is 7.11 Å². The maximum Gasteiger partial charge on any atom is 0.0491 e. The molecule has 16 heavy (non-hydrogen) atoms. The van der Waals surface area contributed by atoms with Crippen molar-refractivity contribution in [3.05, 3.63) is 34.9 Å². The Morgan fingerprint density at radius 3 is 2.44 bits per heavy atom. The number of halogens is 1. The molecule has 1 aromatic carbocycles. The van der Waals surface area contributed by atoms with Crippen molar-refractivity contribution in [2.75, 3.05) is 20.3 Å². The first kappa shape index (κ1) is 13.5. The molecule has 0 amide bonds. The van der Waals surface area contributed by atoms with Gasteiger partial charge in [0.1, 0.15) is 0 Å². The Morgan fingerprint density at radius 2 is 1.94 bits per heavy atom. The monoisotopic (exact) mass is 241 g/mol. The lowest BCUT2D eigenvalue weighted by molar-refractivity contribution is 0.131. The van der Waals surface area contributed by atoms with Crippen LogP contribution in [0.5, 0.6) is 0 Å². The molecule has 0 spiro atoms. The van der Waals surface area contributed by atoms with Crippen LogP contribution in [-0.4, -0.2) is 20.3 Å². The van der Waals surface area contributed by atoms with E-state index in [9.17, 15) is 0 Å². The highest BCUT2D eigenvalue weighted by atomic mass is 35.5. The van der Waals surface area contributed by atoms with Crippen LogP contribution in [-0.2, 0) is 11.2 Å². The zero-order valence-electron chi connectivity index (χ0n) is 9.95. The van der Waals surface area contributed by atoms with Crippen LogP contribution in [0.25, 0.3) is 0 Å². The third-order valence-corrected chi connectivity index (χ3v) is 3.20. The molecule has 2 N–H and O–H groups in total. The van der Waals surface area contributed by atoms with E-state index in [-0.39, 0.29) is 0 Å². The summed E-state index contributed by atoms with van der Waals surface area (Å²) in [7, 11) is 1.73. The molecule has 0 aromatic heterocycles. The minimum atomic E-state index is 0.459. The van der Waals surface area contributed by atoms with Gasteiger partial charge in [0, 0.05) is 18.7 Å². The average Bonchev–Trinajstić information content (AvgIpc) is 2.28. The van der Waals surface area contributed by atoms with Gasteiger partial charge < -0.3 is 10.5 Å². The SMILES string of the molecule is COCC(C)C(CN)Cc1ccc(Cl)cc1. The summed E-state index contributed by atoms with van der Waals surface area (Å²) in [6, 6.07) is 7.96. The Kier molecular flexibility index (Phi) is 5.81. The fourth-order valence-electron chi connectivity index (χ4n) is 1.84. The average molecular weight is 242 g/mol. The molecule has 0 saturated carbocycles. The van der Waals surface area contributed by atoms with Gasteiger partial charge in [-0.2, -0.15) is 0 Å². The molecule has 0 fully saturated rings. The maximum absolute atomic E-state index is 5.85. The predicted octanol–water partition coefficient (Wildman–Crippen LogP) is 2.74. The molecule has 0 aliphatic carbocycles. The zero-order chi connectivity index (χ0) is 12.0. The van der Waals surface area contributed by atoms with E-state index >= 15 is 0 Å². The molecule has 3 heteroatoms. The molecule has 0 radical (unpaired) electrons. The van der Waals surface area contributed by atoms with Crippen LogP contribution < -0.4 is 5.73 Å². The molecule has 2 unspecified atom stereocenters. The predicted molar refractivity (Wildman–Crippen MR) is 68.7 cm³/mol. The van der Waals surface area contributed by atoms with Gasteiger partial charge in [0.05, 0.1) is 0 Å². The van der Waals surface area contributed by atoms with E-state index in [1.165, 1.54) is 5.56 Å². The summed E-state index contributed by atoms with van der Waals surface area (Å²) in [5.74, 6) is 0.937. The van der Waals surface area contributed by atoms with Crippen molar-refractivity contribution in [3.8, 4) is 0 Å². The minimum absolute atomic E-state index is 0.459. The molecule has 0 aliphatic heterocycles. The summed E-state index contributed by atoms with van der Waals surface area (Å²) in [5.41, 5.74) is 7.08. The van der Waals surface area contributed by atoms with Crippen molar-refractivity contribution in [1.29, 1.82) is 0 Å².